The van der Waals surface area contributed by atoms with Gasteiger partial charge in [0.05, 0.1) is 18.2 Å². The molecule has 27 heavy (non-hydrogen) atoms. The molecule has 2 N–H and O–H groups in total. The second kappa shape index (κ2) is 7.53. The van der Waals surface area contributed by atoms with Crippen molar-refractivity contribution in [1.82, 2.24) is 25.4 Å². The number of amides is 2. The molecule has 0 spiro atoms. The number of carbonyl (C=O) groups excluding carboxylic acids is 2. The van der Waals surface area contributed by atoms with Gasteiger partial charge in [0.1, 0.15) is 5.82 Å². The third kappa shape index (κ3) is 3.83. The Morgan fingerprint density at radius 1 is 1.26 bits per heavy atom. The average Bonchev–Trinajstić information content (AvgIpc) is 3.58. The maximum atomic E-state index is 12.5. The highest BCUT2D eigenvalue weighted by Gasteiger charge is 2.37. The van der Waals surface area contributed by atoms with Crippen molar-refractivity contribution in [3.8, 4) is 0 Å². The summed E-state index contributed by atoms with van der Waals surface area (Å²) in [4.78, 5) is 24.5. The molecule has 0 saturated heterocycles. The van der Waals surface area contributed by atoms with E-state index in [-0.39, 0.29) is 18.0 Å². The molecular weight excluding hydrogens is 366 g/mol. The average molecular weight is 391 g/mol. The van der Waals surface area contributed by atoms with Crippen molar-refractivity contribution in [1.29, 1.82) is 0 Å². The number of nitrogens with zero attached hydrogens (tertiary/aromatic N) is 3. The van der Waals surface area contributed by atoms with Gasteiger partial charge in [-0.15, -0.1) is 10.2 Å². The van der Waals surface area contributed by atoms with Crippen LogP contribution in [-0.4, -0.2) is 45.2 Å². The maximum Gasteiger partial charge on any atom is 0.337 e. The summed E-state index contributed by atoms with van der Waals surface area (Å²) in [6.45, 7) is 4.01. The van der Waals surface area contributed by atoms with Crippen LogP contribution in [0.3, 0.4) is 0 Å². The Morgan fingerprint density at radius 2 is 2.04 bits per heavy atom. The first kappa shape index (κ1) is 18.3. The Bertz CT molecular complexity index is 782. The Labute approximate surface area is 162 Å². The predicted molar refractivity (Wildman–Crippen MR) is 100 cm³/mol. The van der Waals surface area contributed by atoms with Gasteiger partial charge in [-0.3, -0.25) is 0 Å². The first-order valence-corrected chi connectivity index (χ1v) is 10.7. The molecule has 2 saturated carbocycles. The molecule has 8 nitrogen and oxygen atoms in total. The lowest BCUT2D eigenvalue weighted by Gasteiger charge is -2.28. The van der Waals surface area contributed by atoms with Crippen LogP contribution in [0.4, 0.5) is 4.79 Å². The molecule has 4 rings (SSSR count). The highest BCUT2D eigenvalue weighted by molar-refractivity contribution is 7.99. The van der Waals surface area contributed by atoms with Crippen LogP contribution < -0.4 is 10.6 Å². The van der Waals surface area contributed by atoms with Gasteiger partial charge in [0.2, 0.25) is 0 Å². The van der Waals surface area contributed by atoms with Crippen molar-refractivity contribution in [3.63, 3.8) is 0 Å². The zero-order valence-corrected chi connectivity index (χ0v) is 16.5. The van der Waals surface area contributed by atoms with Crippen LogP contribution in [0.1, 0.15) is 63.7 Å². The van der Waals surface area contributed by atoms with Crippen molar-refractivity contribution in [2.45, 2.75) is 69.1 Å². The van der Waals surface area contributed by atoms with E-state index in [0.29, 0.717) is 42.0 Å². The number of carbonyl (C=O) groups is 2. The minimum absolute atomic E-state index is 0.284. The molecule has 1 aromatic rings. The number of thioether (sulfide) groups is 1. The smallest absolute Gasteiger partial charge is 0.337 e. The van der Waals surface area contributed by atoms with Crippen molar-refractivity contribution in [3.05, 3.63) is 17.1 Å². The second-order valence-corrected chi connectivity index (χ2v) is 8.12. The topological polar surface area (TPSA) is 98.1 Å². The zero-order valence-electron chi connectivity index (χ0n) is 15.7. The number of hydrogen-bond acceptors (Lipinski definition) is 6. The fourth-order valence-corrected chi connectivity index (χ4v) is 4.38. The van der Waals surface area contributed by atoms with Crippen LogP contribution in [0.15, 0.2) is 16.4 Å². The van der Waals surface area contributed by atoms with Gasteiger partial charge < -0.3 is 19.9 Å². The fourth-order valence-electron chi connectivity index (χ4n) is 3.39. The molecule has 9 heteroatoms. The van der Waals surface area contributed by atoms with Crippen molar-refractivity contribution in [2.75, 3.05) is 12.4 Å². The van der Waals surface area contributed by atoms with E-state index in [1.54, 1.807) is 6.92 Å². The second-order valence-electron chi connectivity index (χ2n) is 7.18. The summed E-state index contributed by atoms with van der Waals surface area (Å²) < 4.78 is 7.49. The van der Waals surface area contributed by atoms with Gasteiger partial charge in [-0.1, -0.05) is 18.7 Å². The number of nitrogens with one attached hydrogen (secondary N) is 2. The lowest BCUT2D eigenvalue weighted by Crippen LogP contribution is -2.50. The molecule has 0 radical (unpaired) electrons. The third-order valence-electron chi connectivity index (χ3n) is 5.04. The van der Waals surface area contributed by atoms with Crippen LogP contribution in [-0.2, 0) is 9.53 Å². The fraction of sp³-hybridized carbons (Fsp3) is 0.667. The molecule has 1 atom stereocenters. The van der Waals surface area contributed by atoms with Crippen molar-refractivity contribution >= 4 is 23.8 Å². The van der Waals surface area contributed by atoms with E-state index in [1.807, 2.05) is 6.92 Å². The number of ether oxygens (including phenoxy) is 1. The molecule has 2 heterocycles. The summed E-state index contributed by atoms with van der Waals surface area (Å²) in [7, 11) is 0. The summed E-state index contributed by atoms with van der Waals surface area (Å²) in [5.41, 5.74) is 1.11. The first-order valence-electron chi connectivity index (χ1n) is 9.67. The molecule has 0 bridgehead atoms. The molecule has 2 amide bonds. The van der Waals surface area contributed by atoms with Crippen LogP contribution in [0.2, 0.25) is 0 Å². The highest BCUT2D eigenvalue weighted by atomic mass is 32.2. The molecule has 3 aliphatic rings. The monoisotopic (exact) mass is 391 g/mol. The summed E-state index contributed by atoms with van der Waals surface area (Å²) in [6.07, 6.45) is 5.34. The van der Waals surface area contributed by atoms with Crippen LogP contribution in [0, 0.1) is 0 Å². The Morgan fingerprint density at radius 3 is 2.67 bits per heavy atom. The maximum absolute atomic E-state index is 12.5. The molecular formula is C18H25N5O3S. The van der Waals surface area contributed by atoms with Crippen molar-refractivity contribution in [2.24, 2.45) is 0 Å². The zero-order chi connectivity index (χ0) is 19.0. The third-order valence-corrected chi connectivity index (χ3v) is 6.01. The summed E-state index contributed by atoms with van der Waals surface area (Å²) in [5, 5.41) is 15.3. The Hall–Kier alpha value is -2.03. The lowest BCUT2D eigenvalue weighted by molar-refractivity contribution is -0.139. The predicted octanol–water partition coefficient (Wildman–Crippen LogP) is 2.49. The minimum Gasteiger partial charge on any atom is -0.463 e. The largest absolute Gasteiger partial charge is 0.463 e. The number of urea groups is 1. The minimum atomic E-state index is -0.380. The molecule has 146 valence electrons. The lowest BCUT2D eigenvalue weighted by atomic mass is 10.0. The van der Waals surface area contributed by atoms with E-state index in [0.717, 1.165) is 11.0 Å². The number of aromatic nitrogens is 3. The van der Waals surface area contributed by atoms with Gasteiger partial charge in [0.25, 0.3) is 0 Å². The van der Waals surface area contributed by atoms with Gasteiger partial charge in [-0.2, -0.15) is 0 Å². The Balaban J connectivity index is 1.57. The van der Waals surface area contributed by atoms with Crippen molar-refractivity contribution < 1.29 is 14.3 Å². The van der Waals surface area contributed by atoms with Gasteiger partial charge >= 0.3 is 12.0 Å². The van der Waals surface area contributed by atoms with Gasteiger partial charge in [0, 0.05) is 23.4 Å². The summed E-state index contributed by atoms with van der Waals surface area (Å²) in [6, 6.07) is -0.118. The molecule has 0 aromatic carbocycles. The quantitative estimate of drug-likeness (QED) is 0.522. The van der Waals surface area contributed by atoms with E-state index in [4.69, 9.17) is 4.74 Å². The van der Waals surface area contributed by atoms with Gasteiger partial charge in [-0.25, -0.2) is 9.59 Å². The number of rotatable bonds is 8. The molecule has 2 fully saturated rings. The van der Waals surface area contributed by atoms with Crippen LogP contribution >= 0.6 is 11.8 Å². The Kier molecular flexibility index (Phi) is 5.12. The summed E-state index contributed by atoms with van der Waals surface area (Å²) in [5.74, 6) is 1.72. The summed E-state index contributed by atoms with van der Waals surface area (Å²) >= 11 is 1.52. The molecule has 0 unspecified atom stereocenters. The highest BCUT2D eigenvalue weighted by Crippen LogP contribution is 2.46. The first-order chi connectivity index (χ1) is 13.1. The van der Waals surface area contributed by atoms with Crippen LogP contribution in [0.25, 0.3) is 0 Å². The molecule has 1 aromatic heterocycles. The molecule has 2 aliphatic carbocycles. The molecule has 1 aliphatic heterocycles. The standard InChI is InChI=1S/C18H25N5O3S/c1-3-12-14(16(24)26-4-2)13(20-17(25)19-12)9-27-18-22-21-15(10-5-6-10)23(18)11-7-8-11/h10-12H,3-9H2,1-2H3,(H2,19,20,25)/t12-/m1/s1. The van der Waals surface area contributed by atoms with E-state index in [2.05, 4.69) is 25.4 Å². The number of hydrogen-bond donors (Lipinski definition) is 2. The number of esters is 1. The van der Waals surface area contributed by atoms with Crippen LogP contribution in [0.5, 0.6) is 0 Å². The van der Waals surface area contributed by atoms with E-state index >= 15 is 0 Å². The van der Waals surface area contributed by atoms with E-state index < -0.39 is 0 Å². The van der Waals surface area contributed by atoms with Gasteiger partial charge in [0.15, 0.2) is 5.16 Å². The normalized spacial score (nSPS) is 22.4. The van der Waals surface area contributed by atoms with Gasteiger partial charge in [-0.05, 0) is 39.0 Å². The van der Waals surface area contributed by atoms with E-state index in [1.165, 1.54) is 37.4 Å². The SMILES string of the molecule is CCOC(=O)C1=C(CSc2nnc(C3CC3)n2C2CC2)NC(=O)N[C@@H]1CC. The van der Waals surface area contributed by atoms with E-state index in [9.17, 15) is 9.59 Å².